The van der Waals surface area contributed by atoms with Crippen LogP contribution in [0.4, 0.5) is 0 Å². The van der Waals surface area contributed by atoms with Crippen LogP contribution >= 0.6 is 23.2 Å². The number of hydrogen-bond donors (Lipinski definition) is 1. The number of benzene rings is 2. The van der Waals surface area contributed by atoms with Crippen molar-refractivity contribution in [2.45, 2.75) is 18.7 Å². The molecule has 2 aromatic rings. The summed E-state index contributed by atoms with van der Waals surface area (Å²) in [6, 6.07) is 5.57. The fourth-order valence-corrected chi connectivity index (χ4v) is 4.29. The molecular weight excluding hydrogens is 389 g/mol. The van der Waals surface area contributed by atoms with Crippen molar-refractivity contribution in [2.75, 3.05) is 7.11 Å². The highest BCUT2D eigenvalue weighted by atomic mass is 35.5. The van der Waals surface area contributed by atoms with Crippen molar-refractivity contribution in [3.63, 3.8) is 0 Å². The second kappa shape index (κ2) is 7.11. The molecule has 0 radical (unpaired) electrons. The first-order valence-corrected chi connectivity index (χ1v) is 9.12. The van der Waals surface area contributed by atoms with Gasteiger partial charge in [0.15, 0.2) is 5.75 Å². The highest BCUT2D eigenvalue weighted by Gasteiger charge is 2.27. The fraction of sp³-hybridized carbons (Fsp3) is 0.188. The number of carbonyl (C=O) groups is 1. The predicted molar refractivity (Wildman–Crippen MR) is 95.3 cm³/mol. The van der Waals surface area contributed by atoms with Gasteiger partial charge in [0.25, 0.3) is 5.91 Å². The molecule has 0 fully saturated rings. The third-order valence-electron chi connectivity index (χ3n) is 3.49. The normalized spacial score (nSPS) is 11.2. The van der Waals surface area contributed by atoms with Crippen LogP contribution in [0.3, 0.4) is 0 Å². The molecule has 0 aliphatic heterocycles. The highest BCUT2D eigenvalue weighted by Crippen LogP contribution is 2.36. The van der Waals surface area contributed by atoms with Crippen molar-refractivity contribution >= 4 is 39.2 Å². The third kappa shape index (κ3) is 3.84. The lowest BCUT2D eigenvalue weighted by Gasteiger charge is -2.15. The lowest BCUT2D eigenvalue weighted by atomic mass is 10.2. The fourth-order valence-electron chi connectivity index (χ4n) is 2.17. The van der Waals surface area contributed by atoms with Crippen molar-refractivity contribution < 1.29 is 22.1 Å². The van der Waals surface area contributed by atoms with Crippen LogP contribution in [0.1, 0.15) is 21.5 Å². The number of halogens is 2. The van der Waals surface area contributed by atoms with Gasteiger partial charge in [0.05, 0.1) is 17.7 Å². The van der Waals surface area contributed by atoms with Crippen LogP contribution in [-0.4, -0.2) is 21.4 Å². The summed E-state index contributed by atoms with van der Waals surface area (Å²) in [5.74, 6) is -0.821. The Bertz CT molecular complexity index is 931. The Morgan fingerprint density at radius 2 is 1.80 bits per heavy atom. The average Bonchev–Trinajstić information content (AvgIpc) is 2.52. The molecule has 134 valence electrons. The largest absolute Gasteiger partial charge is 0.497 e. The molecule has 6 nitrogen and oxygen atoms in total. The number of primary amides is 1. The van der Waals surface area contributed by atoms with E-state index in [-0.39, 0.29) is 31.8 Å². The first-order chi connectivity index (χ1) is 11.6. The second-order valence-electron chi connectivity index (χ2n) is 5.21. The van der Waals surface area contributed by atoms with Gasteiger partial charge >= 0.3 is 10.1 Å². The van der Waals surface area contributed by atoms with Gasteiger partial charge in [-0.25, -0.2) is 0 Å². The van der Waals surface area contributed by atoms with Crippen molar-refractivity contribution in [3.8, 4) is 11.5 Å². The molecule has 0 bridgehead atoms. The zero-order valence-corrected chi connectivity index (χ0v) is 15.9. The van der Waals surface area contributed by atoms with E-state index in [1.807, 2.05) is 0 Å². The van der Waals surface area contributed by atoms with Gasteiger partial charge in [-0.05, 0) is 43.2 Å². The van der Waals surface area contributed by atoms with Gasteiger partial charge in [-0.2, -0.15) is 8.42 Å². The Morgan fingerprint density at radius 1 is 1.16 bits per heavy atom. The number of methoxy groups -OCH3 is 1. The molecule has 0 saturated carbocycles. The van der Waals surface area contributed by atoms with Gasteiger partial charge in [0.2, 0.25) is 0 Å². The minimum absolute atomic E-state index is 0.00887. The number of hydrogen-bond acceptors (Lipinski definition) is 5. The average molecular weight is 404 g/mol. The molecule has 2 aromatic carbocycles. The van der Waals surface area contributed by atoms with Gasteiger partial charge in [-0.1, -0.05) is 23.2 Å². The summed E-state index contributed by atoms with van der Waals surface area (Å²) in [6.45, 7) is 3.12. The smallest absolute Gasteiger partial charge is 0.341 e. The van der Waals surface area contributed by atoms with Crippen molar-refractivity contribution in [3.05, 3.63) is 51.0 Å². The number of aryl methyl sites for hydroxylation is 1. The summed E-state index contributed by atoms with van der Waals surface area (Å²) in [5, 5.41) is 0.218. The number of amides is 1. The summed E-state index contributed by atoms with van der Waals surface area (Å²) in [7, 11) is -2.99. The number of ether oxygens (including phenoxy) is 1. The van der Waals surface area contributed by atoms with Crippen molar-refractivity contribution in [1.29, 1.82) is 0 Å². The number of rotatable bonds is 5. The first-order valence-electron chi connectivity index (χ1n) is 6.96. The van der Waals surface area contributed by atoms with Crippen molar-refractivity contribution in [2.24, 2.45) is 5.73 Å². The van der Waals surface area contributed by atoms with E-state index in [0.717, 1.165) is 0 Å². The zero-order valence-electron chi connectivity index (χ0n) is 13.6. The van der Waals surface area contributed by atoms with Crippen LogP contribution in [0.5, 0.6) is 11.5 Å². The molecule has 0 aromatic heterocycles. The summed E-state index contributed by atoms with van der Waals surface area (Å²) in [5.41, 5.74) is 5.87. The Labute approximate surface area is 155 Å². The van der Waals surface area contributed by atoms with Gasteiger partial charge in [-0.15, -0.1) is 0 Å². The van der Waals surface area contributed by atoms with Crippen LogP contribution in [0.2, 0.25) is 10.0 Å². The minimum atomic E-state index is -4.38. The molecule has 9 heteroatoms. The predicted octanol–water partition coefficient (Wildman–Crippen LogP) is 3.49. The quantitative estimate of drug-likeness (QED) is 0.770. The molecule has 0 heterocycles. The Balaban J connectivity index is 2.63. The molecule has 0 saturated heterocycles. The zero-order chi connectivity index (χ0) is 18.9. The molecule has 0 atom stereocenters. The highest BCUT2D eigenvalue weighted by molar-refractivity contribution is 7.87. The van der Waals surface area contributed by atoms with Crippen LogP contribution in [0.15, 0.2) is 29.2 Å². The topological polar surface area (TPSA) is 95.7 Å². The summed E-state index contributed by atoms with van der Waals surface area (Å²) in [4.78, 5) is 11.3. The third-order valence-corrected chi connectivity index (χ3v) is 5.89. The van der Waals surface area contributed by atoms with E-state index in [0.29, 0.717) is 11.3 Å². The maximum atomic E-state index is 12.8. The monoisotopic (exact) mass is 403 g/mol. The van der Waals surface area contributed by atoms with Gasteiger partial charge in [-0.3, -0.25) is 4.79 Å². The number of nitrogens with two attached hydrogens (primary N) is 1. The molecule has 1 amide bonds. The minimum Gasteiger partial charge on any atom is -0.497 e. The molecule has 0 unspecified atom stereocenters. The van der Waals surface area contributed by atoms with Crippen LogP contribution in [-0.2, 0) is 10.1 Å². The number of carbonyl (C=O) groups excluding carboxylic acids is 1. The van der Waals surface area contributed by atoms with Crippen molar-refractivity contribution in [1.82, 2.24) is 0 Å². The van der Waals surface area contributed by atoms with Gasteiger partial charge < -0.3 is 14.7 Å². The van der Waals surface area contributed by atoms with Crippen LogP contribution in [0.25, 0.3) is 0 Å². The Morgan fingerprint density at radius 3 is 2.36 bits per heavy atom. The maximum absolute atomic E-state index is 12.8. The van der Waals surface area contributed by atoms with E-state index in [1.165, 1.54) is 32.2 Å². The van der Waals surface area contributed by atoms with E-state index in [1.54, 1.807) is 13.0 Å². The van der Waals surface area contributed by atoms with Gasteiger partial charge in [0.1, 0.15) is 10.6 Å². The van der Waals surface area contributed by atoms with E-state index in [2.05, 4.69) is 0 Å². The van der Waals surface area contributed by atoms with E-state index in [9.17, 15) is 13.2 Å². The molecule has 0 aliphatic rings. The lowest BCUT2D eigenvalue weighted by molar-refractivity contribution is 0.0999. The van der Waals surface area contributed by atoms with E-state index in [4.69, 9.17) is 37.9 Å². The van der Waals surface area contributed by atoms with Crippen LogP contribution in [0, 0.1) is 13.8 Å². The molecular formula is C16H15Cl2NO5S. The maximum Gasteiger partial charge on any atom is 0.341 e. The SMILES string of the molecule is COc1ccc(C(N)=O)c(OS(=O)(=O)c2c(C)c(Cl)cc(C)c2Cl)c1. The summed E-state index contributed by atoms with van der Waals surface area (Å²) >= 11 is 12.2. The summed E-state index contributed by atoms with van der Waals surface area (Å²) < 4.78 is 35.7. The first kappa shape index (κ1) is 19.4. The molecule has 0 spiro atoms. The van der Waals surface area contributed by atoms with E-state index >= 15 is 0 Å². The molecule has 2 N–H and O–H groups in total. The molecule has 0 aliphatic carbocycles. The van der Waals surface area contributed by atoms with Crippen LogP contribution < -0.4 is 14.7 Å². The van der Waals surface area contributed by atoms with E-state index < -0.39 is 16.0 Å². The summed E-state index contributed by atoms with van der Waals surface area (Å²) in [6.07, 6.45) is 0. The standard InChI is InChI=1S/C16H15Cl2NO5S/c1-8-6-12(17)9(2)15(14(8)18)25(21,22)24-13-7-10(23-3)4-5-11(13)16(19)20/h4-7H,1-3H3,(H2,19,20). The lowest BCUT2D eigenvalue weighted by Crippen LogP contribution is -2.17. The van der Waals surface area contributed by atoms with Gasteiger partial charge in [0, 0.05) is 11.1 Å². The Kier molecular flexibility index (Phi) is 5.51. The molecule has 2 rings (SSSR count). The Hall–Kier alpha value is -1.96. The second-order valence-corrected chi connectivity index (χ2v) is 7.48. The molecule has 25 heavy (non-hydrogen) atoms.